The summed E-state index contributed by atoms with van der Waals surface area (Å²) in [6, 6.07) is -0.581. The Morgan fingerprint density at radius 2 is 2.11 bits per heavy atom. The monoisotopic (exact) mass is 258 g/mol. The number of amides is 1. The molecule has 104 valence electrons. The molecule has 18 heavy (non-hydrogen) atoms. The van der Waals surface area contributed by atoms with Crippen molar-refractivity contribution in [3.05, 3.63) is 0 Å². The summed E-state index contributed by atoms with van der Waals surface area (Å²) in [5.74, 6) is -0.471. The topological polar surface area (TPSA) is 98.7 Å². The fraction of sp³-hybridized carbons (Fsp3) is 0.833. The SMILES string of the molecule is CCCC(=O)[C@]1(NC(=O)CC)CN[C@@H](CO)[C@H]1O. The Morgan fingerprint density at radius 1 is 1.44 bits per heavy atom. The highest BCUT2D eigenvalue weighted by Gasteiger charge is 2.52. The molecule has 3 atom stereocenters. The van der Waals surface area contributed by atoms with Gasteiger partial charge >= 0.3 is 0 Å². The first kappa shape index (κ1) is 15.1. The molecule has 0 aromatic rings. The van der Waals surface area contributed by atoms with Crippen LogP contribution in [0.5, 0.6) is 0 Å². The first-order chi connectivity index (χ1) is 8.51. The molecular weight excluding hydrogens is 236 g/mol. The number of aliphatic hydroxyl groups excluding tert-OH is 2. The number of hydrogen-bond acceptors (Lipinski definition) is 5. The number of ketones is 1. The smallest absolute Gasteiger partial charge is 0.220 e. The standard InChI is InChI=1S/C12H22N2O4/c1-3-5-9(16)12(14-10(17)4-2)7-13-8(6-15)11(12)18/h8,11,13,15,18H,3-7H2,1-2H3,(H,14,17)/t8-,11+,12+/m0/s1. The maximum Gasteiger partial charge on any atom is 0.220 e. The van der Waals surface area contributed by atoms with Crippen LogP contribution < -0.4 is 10.6 Å². The number of aliphatic hydroxyl groups is 2. The molecule has 4 N–H and O–H groups in total. The van der Waals surface area contributed by atoms with Gasteiger partial charge in [0, 0.05) is 19.4 Å². The zero-order valence-electron chi connectivity index (χ0n) is 10.9. The van der Waals surface area contributed by atoms with Crippen LogP contribution in [0.3, 0.4) is 0 Å². The van der Waals surface area contributed by atoms with Crippen molar-refractivity contribution >= 4 is 11.7 Å². The summed E-state index contributed by atoms with van der Waals surface area (Å²) in [7, 11) is 0. The zero-order chi connectivity index (χ0) is 13.8. The van der Waals surface area contributed by atoms with E-state index in [0.717, 1.165) is 0 Å². The lowest BCUT2D eigenvalue weighted by atomic mass is 9.85. The van der Waals surface area contributed by atoms with E-state index in [0.29, 0.717) is 12.8 Å². The van der Waals surface area contributed by atoms with E-state index in [4.69, 9.17) is 5.11 Å². The van der Waals surface area contributed by atoms with Crippen molar-refractivity contribution in [2.75, 3.05) is 13.2 Å². The minimum absolute atomic E-state index is 0.157. The lowest BCUT2D eigenvalue weighted by molar-refractivity contribution is -0.135. The molecule has 1 amide bonds. The first-order valence-corrected chi connectivity index (χ1v) is 6.38. The van der Waals surface area contributed by atoms with Gasteiger partial charge in [0.2, 0.25) is 5.91 Å². The second-order valence-electron chi connectivity index (χ2n) is 4.66. The van der Waals surface area contributed by atoms with Gasteiger partial charge in [-0.3, -0.25) is 9.59 Å². The number of carbonyl (C=O) groups excluding carboxylic acids is 2. The molecular formula is C12H22N2O4. The lowest BCUT2D eigenvalue weighted by Gasteiger charge is -2.32. The van der Waals surface area contributed by atoms with Crippen LogP contribution in [-0.2, 0) is 9.59 Å². The van der Waals surface area contributed by atoms with E-state index in [1.165, 1.54) is 0 Å². The molecule has 1 heterocycles. The summed E-state index contributed by atoms with van der Waals surface area (Å²) < 4.78 is 0. The van der Waals surface area contributed by atoms with E-state index in [1.807, 2.05) is 6.92 Å². The van der Waals surface area contributed by atoms with Crippen LogP contribution in [0.4, 0.5) is 0 Å². The fourth-order valence-electron chi connectivity index (χ4n) is 2.25. The maximum atomic E-state index is 12.2. The quantitative estimate of drug-likeness (QED) is 0.487. The Bertz CT molecular complexity index is 321. The molecule has 0 bridgehead atoms. The van der Waals surface area contributed by atoms with Crippen LogP contribution in [0.25, 0.3) is 0 Å². The van der Waals surface area contributed by atoms with Gasteiger partial charge in [-0.15, -0.1) is 0 Å². The molecule has 0 aliphatic carbocycles. The molecule has 0 spiro atoms. The molecule has 6 nitrogen and oxygen atoms in total. The highest BCUT2D eigenvalue weighted by Crippen LogP contribution is 2.23. The van der Waals surface area contributed by atoms with Gasteiger partial charge < -0.3 is 20.8 Å². The summed E-state index contributed by atoms with van der Waals surface area (Å²) in [6.07, 6.45) is 0.0921. The van der Waals surface area contributed by atoms with E-state index < -0.39 is 17.7 Å². The predicted molar refractivity (Wildman–Crippen MR) is 66.0 cm³/mol. The number of Topliss-reactive ketones (excluding diaryl/α,β-unsaturated/α-hetero) is 1. The van der Waals surface area contributed by atoms with Gasteiger partial charge in [-0.25, -0.2) is 0 Å². The first-order valence-electron chi connectivity index (χ1n) is 6.38. The summed E-state index contributed by atoms with van der Waals surface area (Å²) >= 11 is 0. The molecule has 1 aliphatic heterocycles. The van der Waals surface area contributed by atoms with Gasteiger partial charge in [0.15, 0.2) is 5.78 Å². The van der Waals surface area contributed by atoms with E-state index in [2.05, 4.69) is 10.6 Å². The minimum Gasteiger partial charge on any atom is -0.395 e. The Balaban J connectivity index is 2.95. The van der Waals surface area contributed by atoms with Crippen molar-refractivity contribution in [2.45, 2.75) is 50.8 Å². The van der Waals surface area contributed by atoms with E-state index in [1.54, 1.807) is 6.92 Å². The van der Waals surface area contributed by atoms with E-state index in [-0.39, 0.29) is 31.3 Å². The normalized spacial score (nSPS) is 31.3. The van der Waals surface area contributed by atoms with Crippen LogP contribution in [-0.4, -0.2) is 52.7 Å². The van der Waals surface area contributed by atoms with Crippen molar-refractivity contribution in [1.82, 2.24) is 10.6 Å². The molecule has 6 heteroatoms. The largest absolute Gasteiger partial charge is 0.395 e. The molecule has 1 rings (SSSR count). The van der Waals surface area contributed by atoms with Gasteiger partial charge in [-0.2, -0.15) is 0 Å². The van der Waals surface area contributed by atoms with Crippen LogP contribution in [0.2, 0.25) is 0 Å². The second-order valence-corrected chi connectivity index (χ2v) is 4.66. The summed E-state index contributed by atoms with van der Waals surface area (Å²) in [6.45, 7) is 3.44. The highest BCUT2D eigenvalue weighted by molar-refractivity contribution is 5.94. The Morgan fingerprint density at radius 3 is 2.56 bits per heavy atom. The minimum atomic E-state index is -1.30. The highest BCUT2D eigenvalue weighted by atomic mass is 16.3. The summed E-state index contributed by atoms with van der Waals surface area (Å²) in [5.41, 5.74) is -1.30. The van der Waals surface area contributed by atoms with Gasteiger partial charge in [0.25, 0.3) is 0 Å². The molecule has 0 aromatic heterocycles. The second kappa shape index (κ2) is 6.26. The van der Waals surface area contributed by atoms with Gasteiger partial charge in [-0.05, 0) is 6.42 Å². The molecule has 1 fully saturated rings. The molecule has 0 radical (unpaired) electrons. The molecule has 0 aromatic carbocycles. The lowest BCUT2D eigenvalue weighted by Crippen LogP contribution is -2.63. The van der Waals surface area contributed by atoms with Crippen LogP contribution in [0.1, 0.15) is 33.1 Å². The van der Waals surface area contributed by atoms with E-state index in [9.17, 15) is 14.7 Å². The van der Waals surface area contributed by atoms with Crippen molar-refractivity contribution in [1.29, 1.82) is 0 Å². The third kappa shape index (κ3) is 2.71. The number of rotatable bonds is 6. The van der Waals surface area contributed by atoms with Crippen molar-refractivity contribution in [3.8, 4) is 0 Å². The average Bonchev–Trinajstić information content (AvgIpc) is 2.68. The molecule has 1 aliphatic rings. The number of nitrogens with one attached hydrogen (secondary N) is 2. The Hall–Kier alpha value is -0.980. The van der Waals surface area contributed by atoms with Crippen molar-refractivity contribution in [3.63, 3.8) is 0 Å². The number of carbonyl (C=O) groups is 2. The summed E-state index contributed by atoms with van der Waals surface area (Å²) in [5, 5.41) is 24.8. The van der Waals surface area contributed by atoms with Crippen LogP contribution >= 0.6 is 0 Å². The Kier molecular flexibility index (Phi) is 5.25. The average molecular weight is 258 g/mol. The predicted octanol–water partition coefficient (Wildman–Crippen LogP) is -1.05. The van der Waals surface area contributed by atoms with Crippen LogP contribution in [0, 0.1) is 0 Å². The Labute approximate surface area is 107 Å². The number of hydrogen-bond donors (Lipinski definition) is 4. The van der Waals surface area contributed by atoms with Gasteiger partial charge in [0.05, 0.1) is 12.6 Å². The third-order valence-corrected chi connectivity index (χ3v) is 3.38. The van der Waals surface area contributed by atoms with Gasteiger partial charge in [-0.1, -0.05) is 13.8 Å². The zero-order valence-corrected chi connectivity index (χ0v) is 10.9. The van der Waals surface area contributed by atoms with Crippen molar-refractivity contribution in [2.24, 2.45) is 0 Å². The van der Waals surface area contributed by atoms with E-state index >= 15 is 0 Å². The van der Waals surface area contributed by atoms with Crippen LogP contribution in [0.15, 0.2) is 0 Å². The molecule has 0 saturated carbocycles. The van der Waals surface area contributed by atoms with Crippen molar-refractivity contribution < 1.29 is 19.8 Å². The molecule has 1 saturated heterocycles. The molecule has 0 unspecified atom stereocenters. The maximum absolute atomic E-state index is 12.2. The fourth-order valence-corrected chi connectivity index (χ4v) is 2.25. The summed E-state index contributed by atoms with van der Waals surface area (Å²) in [4.78, 5) is 23.8. The third-order valence-electron chi connectivity index (χ3n) is 3.38. The van der Waals surface area contributed by atoms with Gasteiger partial charge in [0.1, 0.15) is 11.6 Å².